The molecule has 3 aromatic rings. The number of rotatable bonds is 4. The zero-order chi connectivity index (χ0) is 21.4. The zero-order valence-corrected chi connectivity index (χ0v) is 21.6. The summed E-state index contributed by atoms with van der Waals surface area (Å²) in [7, 11) is 1.64. The summed E-state index contributed by atoms with van der Waals surface area (Å²) in [5.74, 6) is 6.82. The number of methoxy groups -OCH3 is 1. The Kier molecular flexibility index (Phi) is 6.05. The van der Waals surface area contributed by atoms with Crippen LogP contribution in [0.4, 0.5) is 0 Å². The minimum absolute atomic E-state index is 0.158. The third kappa shape index (κ3) is 3.94. The van der Waals surface area contributed by atoms with Gasteiger partial charge in [0.2, 0.25) is 0 Å². The molecule has 30 heavy (non-hydrogen) atoms. The molecule has 0 N–H and O–H groups in total. The maximum absolute atomic E-state index is 6.38. The second-order valence-corrected chi connectivity index (χ2v) is 23.6. The Hall–Kier alpha value is -1.71. The number of fused-ring (bicyclic) bond motifs is 3. The molecule has 4 heteroatoms. The quantitative estimate of drug-likeness (QED) is 0.214. The van der Waals surface area contributed by atoms with Gasteiger partial charge in [0.25, 0.3) is 0 Å². The first-order chi connectivity index (χ1) is 14.3. The Morgan fingerprint density at radius 3 is 2.23 bits per heavy atom. The maximum atomic E-state index is 6.38. The van der Waals surface area contributed by atoms with Gasteiger partial charge in [-0.2, -0.15) is 0 Å². The third-order valence-electron chi connectivity index (χ3n) is 5.49. The summed E-state index contributed by atoms with van der Waals surface area (Å²) in [5, 5.41) is 0. The van der Waals surface area contributed by atoms with Crippen LogP contribution in [0.25, 0.3) is 11.1 Å². The number of hydrogen-bond donors (Lipinski definition) is 1. The van der Waals surface area contributed by atoms with E-state index in [9.17, 15) is 0 Å². The van der Waals surface area contributed by atoms with Gasteiger partial charge in [-0.15, -0.1) is 0 Å². The van der Waals surface area contributed by atoms with Crippen molar-refractivity contribution in [3.63, 3.8) is 0 Å². The second kappa shape index (κ2) is 8.43. The van der Waals surface area contributed by atoms with Crippen LogP contribution in [0, 0.1) is 11.8 Å². The van der Waals surface area contributed by atoms with Crippen LogP contribution in [0.1, 0.15) is 16.7 Å². The van der Waals surface area contributed by atoms with Crippen molar-refractivity contribution in [1.29, 1.82) is 0 Å². The molecule has 0 bridgehead atoms. The van der Waals surface area contributed by atoms with E-state index in [2.05, 4.69) is 69.6 Å². The molecule has 3 aromatic carbocycles. The first-order valence-electron chi connectivity index (χ1n) is 10.1. The van der Waals surface area contributed by atoms with E-state index < -0.39 is 24.0 Å². The first kappa shape index (κ1) is 21.5. The Morgan fingerprint density at radius 1 is 0.900 bits per heavy atom. The van der Waals surface area contributed by atoms with Gasteiger partial charge in [-0.1, -0.05) is 0 Å². The molecule has 2 nitrogen and oxygen atoms in total. The van der Waals surface area contributed by atoms with E-state index in [1.54, 1.807) is 7.11 Å². The zero-order valence-electron chi connectivity index (χ0n) is 17.8. The SMILES string of the molecule is COCOC1(C#Cc2ccccc2)c2ccc(S)cc2-c2c[c]([Sn]([CH3])([CH3])[CH3])ccc21. The predicted octanol–water partition coefficient (Wildman–Crippen LogP) is 5.42. The van der Waals surface area contributed by atoms with Gasteiger partial charge in [-0.25, -0.2) is 0 Å². The topological polar surface area (TPSA) is 18.5 Å². The average molecular weight is 521 g/mol. The van der Waals surface area contributed by atoms with Gasteiger partial charge in [0.1, 0.15) is 0 Å². The van der Waals surface area contributed by atoms with E-state index >= 15 is 0 Å². The van der Waals surface area contributed by atoms with Crippen LogP contribution in [0.5, 0.6) is 0 Å². The molecule has 1 unspecified atom stereocenters. The van der Waals surface area contributed by atoms with Gasteiger partial charge in [0, 0.05) is 0 Å². The van der Waals surface area contributed by atoms with Crippen LogP contribution in [0.15, 0.2) is 71.6 Å². The number of thiol groups is 1. The van der Waals surface area contributed by atoms with Crippen LogP contribution in [-0.2, 0) is 15.1 Å². The monoisotopic (exact) mass is 522 g/mol. The minimum atomic E-state index is -2.25. The van der Waals surface area contributed by atoms with Crippen LogP contribution in [0.2, 0.25) is 14.8 Å². The van der Waals surface area contributed by atoms with Crippen molar-refractivity contribution >= 4 is 34.6 Å². The molecule has 0 heterocycles. The summed E-state index contributed by atoms with van der Waals surface area (Å²) in [6.45, 7) is 0.158. The van der Waals surface area contributed by atoms with E-state index in [1.165, 1.54) is 9.14 Å². The Balaban J connectivity index is 1.98. The molecular formula is C26H26O2SSn. The van der Waals surface area contributed by atoms with Crippen molar-refractivity contribution in [3.05, 3.63) is 83.4 Å². The van der Waals surface area contributed by atoms with Gasteiger partial charge < -0.3 is 0 Å². The van der Waals surface area contributed by atoms with Gasteiger partial charge in [0.15, 0.2) is 0 Å². The summed E-state index contributed by atoms with van der Waals surface area (Å²) in [6, 6.07) is 23.1. The standard InChI is InChI=1S/C23H17O2S.3CH3.Sn/c1-24-16-25-23(14-13-17-7-3-2-4-8-17)21-10-6-5-9-19(21)20-15-18(26)11-12-22(20)23;;;;/h2-4,6-12,15,26H,16H2,1H3;3*1H3;. The second-order valence-electron chi connectivity index (χ2n) is 8.59. The first-order valence-corrected chi connectivity index (χ1v) is 20.5. The summed E-state index contributed by atoms with van der Waals surface area (Å²) in [5.41, 5.74) is 4.57. The molecule has 0 aliphatic heterocycles. The average Bonchev–Trinajstić information content (AvgIpc) is 3.00. The van der Waals surface area contributed by atoms with Crippen LogP contribution < -0.4 is 3.58 Å². The molecule has 0 aromatic heterocycles. The Bertz CT molecular complexity index is 1140. The molecule has 1 atom stereocenters. The predicted molar refractivity (Wildman–Crippen MR) is 129 cm³/mol. The van der Waals surface area contributed by atoms with Crippen LogP contribution >= 0.6 is 12.6 Å². The molecule has 4 rings (SSSR count). The van der Waals surface area contributed by atoms with Gasteiger partial charge in [-0.05, 0) is 0 Å². The van der Waals surface area contributed by atoms with E-state index in [-0.39, 0.29) is 6.79 Å². The summed E-state index contributed by atoms with van der Waals surface area (Å²) >= 11 is 2.35. The van der Waals surface area contributed by atoms with Crippen molar-refractivity contribution in [1.82, 2.24) is 0 Å². The molecule has 152 valence electrons. The van der Waals surface area contributed by atoms with Gasteiger partial charge in [-0.3, -0.25) is 0 Å². The Labute approximate surface area is 188 Å². The van der Waals surface area contributed by atoms with Gasteiger partial charge in [0.05, 0.1) is 0 Å². The molecule has 0 saturated heterocycles. The molecule has 0 fully saturated rings. The van der Waals surface area contributed by atoms with Crippen molar-refractivity contribution in [2.45, 2.75) is 25.3 Å². The van der Waals surface area contributed by atoms with Crippen molar-refractivity contribution in [2.75, 3.05) is 13.9 Å². The molecular weight excluding hydrogens is 495 g/mol. The van der Waals surface area contributed by atoms with Crippen molar-refractivity contribution in [2.24, 2.45) is 0 Å². The molecule has 1 aliphatic carbocycles. The van der Waals surface area contributed by atoms with E-state index in [4.69, 9.17) is 9.47 Å². The number of benzene rings is 3. The Morgan fingerprint density at radius 2 is 1.57 bits per heavy atom. The normalized spacial score (nSPS) is 17.1. The third-order valence-corrected chi connectivity index (χ3v) is 11.6. The molecule has 0 amide bonds. The number of ether oxygens (including phenoxy) is 2. The van der Waals surface area contributed by atoms with Crippen LogP contribution in [-0.4, -0.2) is 32.3 Å². The van der Waals surface area contributed by atoms with E-state index in [0.717, 1.165) is 27.1 Å². The van der Waals surface area contributed by atoms with E-state index in [0.29, 0.717) is 0 Å². The fourth-order valence-corrected chi connectivity index (χ4v) is 7.42. The van der Waals surface area contributed by atoms with E-state index in [1.807, 2.05) is 36.4 Å². The summed E-state index contributed by atoms with van der Waals surface area (Å²) < 4.78 is 13.2. The van der Waals surface area contributed by atoms with Crippen LogP contribution in [0.3, 0.4) is 0 Å². The molecule has 0 spiro atoms. The molecule has 1 aliphatic rings. The molecule has 0 radical (unpaired) electrons. The van der Waals surface area contributed by atoms with Crippen molar-refractivity contribution < 1.29 is 9.47 Å². The fourth-order valence-electron chi connectivity index (χ4n) is 3.90. The number of hydrogen-bond acceptors (Lipinski definition) is 3. The summed E-state index contributed by atoms with van der Waals surface area (Å²) in [6.07, 6.45) is 0. The fraction of sp³-hybridized carbons (Fsp3) is 0.231. The van der Waals surface area contributed by atoms with Gasteiger partial charge >= 0.3 is 190 Å². The molecule has 0 saturated carbocycles. The van der Waals surface area contributed by atoms with Crippen molar-refractivity contribution in [3.8, 4) is 23.0 Å². The summed E-state index contributed by atoms with van der Waals surface area (Å²) in [4.78, 5) is 8.24.